The third kappa shape index (κ3) is 17.8. The van der Waals surface area contributed by atoms with Gasteiger partial charge in [-0.1, -0.05) is 77.7 Å². The van der Waals surface area contributed by atoms with Crippen LogP contribution in [0.25, 0.3) is 0 Å². The van der Waals surface area contributed by atoms with Crippen molar-refractivity contribution in [3.05, 3.63) is 12.7 Å². The van der Waals surface area contributed by atoms with Gasteiger partial charge in [-0.3, -0.25) is 4.79 Å². The number of likely N-dealkylation sites (N-methyl/N-ethyl adjacent to an activating group) is 1. The summed E-state index contributed by atoms with van der Waals surface area (Å²) >= 11 is 0. The standard InChI is InChI=1S/C22H44N2O/c1-5-7-8-9-10-11-12-13-14-15-16-18-22(25)23-19-17-21-24(3,4)20-6-2/h6H,2,5,7-21H2,1,3-4H3/p+1. The van der Waals surface area contributed by atoms with Gasteiger partial charge in [0.25, 0.3) is 0 Å². The molecule has 0 atom stereocenters. The van der Waals surface area contributed by atoms with E-state index in [2.05, 4.69) is 32.9 Å². The fourth-order valence-corrected chi connectivity index (χ4v) is 3.21. The van der Waals surface area contributed by atoms with Crippen LogP contribution in [0.15, 0.2) is 12.7 Å². The highest BCUT2D eigenvalue weighted by molar-refractivity contribution is 5.75. The lowest BCUT2D eigenvalue weighted by Gasteiger charge is -2.28. The van der Waals surface area contributed by atoms with Crippen molar-refractivity contribution in [2.24, 2.45) is 0 Å². The van der Waals surface area contributed by atoms with Gasteiger partial charge in [0.15, 0.2) is 0 Å². The van der Waals surface area contributed by atoms with Gasteiger partial charge >= 0.3 is 0 Å². The average molecular weight is 354 g/mol. The minimum Gasteiger partial charge on any atom is -0.356 e. The second-order valence-electron chi connectivity index (χ2n) is 8.12. The maximum Gasteiger partial charge on any atom is 0.219 e. The van der Waals surface area contributed by atoms with Crippen molar-refractivity contribution in [2.75, 3.05) is 33.7 Å². The van der Waals surface area contributed by atoms with Crippen LogP contribution in [-0.2, 0) is 4.79 Å². The fourth-order valence-electron chi connectivity index (χ4n) is 3.21. The molecule has 3 heteroatoms. The molecule has 3 nitrogen and oxygen atoms in total. The maximum absolute atomic E-state index is 11.8. The van der Waals surface area contributed by atoms with Crippen LogP contribution < -0.4 is 5.32 Å². The molecule has 1 amide bonds. The van der Waals surface area contributed by atoms with E-state index in [-0.39, 0.29) is 5.91 Å². The summed E-state index contributed by atoms with van der Waals surface area (Å²) in [7, 11) is 4.41. The molecule has 0 aromatic heterocycles. The Morgan fingerprint density at radius 1 is 0.880 bits per heavy atom. The topological polar surface area (TPSA) is 29.1 Å². The van der Waals surface area contributed by atoms with E-state index in [1.54, 1.807) is 0 Å². The van der Waals surface area contributed by atoms with Crippen LogP contribution in [0.2, 0.25) is 0 Å². The van der Waals surface area contributed by atoms with Gasteiger partial charge in [0.1, 0.15) is 0 Å². The molecule has 148 valence electrons. The summed E-state index contributed by atoms with van der Waals surface area (Å²) in [4.78, 5) is 11.8. The first kappa shape index (κ1) is 24.2. The summed E-state index contributed by atoms with van der Waals surface area (Å²) in [6.07, 6.45) is 18.3. The van der Waals surface area contributed by atoms with Crippen LogP contribution in [0.5, 0.6) is 0 Å². The molecule has 0 saturated carbocycles. The molecule has 25 heavy (non-hydrogen) atoms. The number of hydrogen-bond acceptors (Lipinski definition) is 1. The molecule has 1 N–H and O–H groups in total. The molecule has 0 aromatic rings. The summed E-state index contributed by atoms with van der Waals surface area (Å²) < 4.78 is 0.942. The highest BCUT2D eigenvalue weighted by Crippen LogP contribution is 2.11. The summed E-state index contributed by atoms with van der Waals surface area (Å²) in [5.41, 5.74) is 0. The van der Waals surface area contributed by atoms with Crippen LogP contribution in [0.1, 0.15) is 90.4 Å². The van der Waals surface area contributed by atoms with Crippen molar-refractivity contribution < 1.29 is 9.28 Å². The van der Waals surface area contributed by atoms with E-state index in [9.17, 15) is 4.79 Å². The number of hydrogen-bond donors (Lipinski definition) is 1. The zero-order chi connectivity index (χ0) is 18.8. The molecule has 0 spiro atoms. The molecule has 0 radical (unpaired) electrons. The van der Waals surface area contributed by atoms with Gasteiger partial charge in [0, 0.05) is 19.4 Å². The van der Waals surface area contributed by atoms with E-state index in [4.69, 9.17) is 0 Å². The second-order valence-corrected chi connectivity index (χ2v) is 8.12. The van der Waals surface area contributed by atoms with Gasteiger partial charge in [-0.25, -0.2) is 0 Å². The second kappa shape index (κ2) is 16.6. The number of carbonyl (C=O) groups excluding carboxylic acids is 1. The van der Waals surface area contributed by atoms with Crippen LogP contribution in [0.4, 0.5) is 0 Å². The first-order chi connectivity index (χ1) is 12.0. The molecule has 0 heterocycles. The summed E-state index contributed by atoms with van der Waals surface area (Å²) in [5, 5.41) is 3.06. The molecule has 0 saturated heterocycles. The third-order valence-corrected chi connectivity index (χ3v) is 4.89. The Morgan fingerprint density at radius 2 is 1.40 bits per heavy atom. The lowest BCUT2D eigenvalue weighted by molar-refractivity contribution is -0.884. The SMILES string of the molecule is C=CC[N+](C)(C)CCCNC(=O)CCCCCCCCCCCCC. The summed E-state index contributed by atoms with van der Waals surface area (Å²) in [6.45, 7) is 8.92. The van der Waals surface area contributed by atoms with Crippen LogP contribution in [-0.4, -0.2) is 44.1 Å². The number of rotatable bonds is 18. The van der Waals surface area contributed by atoms with Crippen molar-refractivity contribution >= 4 is 5.91 Å². The Kier molecular flexibility index (Phi) is 16.1. The van der Waals surface area contributed by atoms with Crippen molar-refractivity contribution in [1.82, 2.24) is 5.32 Å². The molecular formula is C22H45N2O+. The van der Waals surface area contributed by atoms with Crippen molar-refractivity contribution in [3.63, 3.8) is 0 Å². The summed E-state index contributed by atoms with van der Waals surface area (Å²) in [5.74, 6) is 0.227. The molecule has 0 aliphatic rings. The van der Waals surface area contributed by atoms with Crippen LogP contribution in [0, 0.1) is 0 Å². The van der Waals surface area contributed by atoms with Gasteiger partial charge < -0.3 is 9.80 Å². The Bertz CT molecular complexity index is 326. The highest BCUT2D eigenvalue weighted by atomic mass is 16.1. The fraction of sp³-hybridized carbons (Fsp3) is 0.864. The lowest BCUT2D eigenvalue weighted by atomic mass is 10.1. The van der Waals surface area contributed by atoms with Gasteiger partial charge in [0.2, 0.25) is 5.91 Å². The first-order valence-corrected chi connectivity index (χ1v) is 10.7. The number of unbranched alkanes of at least 4 members (excludes halogenated alkanes) is 10. The third-order valence-electron chi connectivity index (χ3n) is 4.89. The predicted molar refractivity (Wildman–Crippen MR) is 111 cm³/mol. The molecule has 0 rings (SSSR count). The first-order valence-electron chi connectivity index (χ1n) is 10.7. The monoisotopic (exact) mass is 353 g/mol. The minimum atomic E-state index is 0.227. The number of nitrogens with one attached hydrogen (secondary N) is 1. The van der Waals surface area contributed by atoms with E-state index in [1.807, 2.05) is 6.08 Å². The van der Waals surface area contributed by atoms with Crippen molar-refractivity contribution in [1.29, 1.82) is 0 Å². The molecule has 0 fully saturated rings. The van der Waals surface area contributed by atoms with E-state index < -0.39 is 0 Å². The number of carbonyl (C=O) groups is 1. The highest BCUT2D eigenvalue weighted by Gasteiger charge is 2.11. The molecular weight excluding hydrogens is 308 g/mol. The largest absolute Gasteiger partial charge is 0.356 e. The van der Waals surface area contributed by atoms with E-state index in [1.165, 1.54) is 64.2 Å². The Hall–Kier alpha value is -0.830. The van der Waals surface area contributed by atoms with E-state index in [0.717, 1.165) is 37.0 Å². The van der Waals surface area contributed by atoms with E-state index in [0.29, 0.717) is 6.42 Å². The Labute approximate surface area is 157 Å². The van der Waals surface area contributed by atoms with E-state index >= 15 is 0 Å². The van der Waals surface area contributed by atoms with Gasteiger partial charge in [-0.2, -0.15) is 0 Å². The minimum absolute atomic E-state index is 0.227. The molecule has 0 bridgehead atoms. The zero-order valence-electron chi connectivity index (χ0n) is 17.5. The quantitative estimate of drug-likeness (QED) is 0.198. The van der Waals surface area contributed by atoms with Crippen molar-refractivity contribution in [2.45, 2.75) is 90.4 Å². The van der Waals surface area contributed by atoms with Gasteiger partial charge in [-0.15, -0.1) is 0 Å². The molecule has 0 aromatic carbocycles. The van der Waals surface area contributed by atoms with Gasteiger partial charge in [0.05, 0.1) is 27.2 Å². The number of amides is 1. The number of quaternary nitrogens is 1. The smallest absolute Gasteiger partial charge is 0.219 e. The maximum atomic E-state index is 11.8. The van der Waals surface area contributed by atoms with Crippen molar-refractivity contribution in [3.8, 4) is 0 Å². The molecule has 0 aliphatic carbocycles. The predicted octanol–water partition coefficient (Wildman–Crippen LogP) is 5.46. The zero-order valence-corrected chi connectivity index (χ0v) is 17.5. The average Bonchev–Trinajstić information content (AvgIpc) is 2.56. The lowest BCUT2D eigenvalue weighted by Crippen LogP contribution is -2.41. The normalized spacial score (nSPS) is 11.5. The Morgan fingerprint density at radius 3 is 1.92 bits per heavy atom. The van der Waals surface area contributed by atoms with Gasteiger partial charge in [-0.05, 0) is 12.5 Å². The molecule has 0 unspecified atom stereocenters. The molecule has 0 aliphatic heterocycles. The number of nitrogens with zero attached hydrogens (tertiary/aromatic N) is 1. The van der Waals surface area contributed by atoms with Crippen LogP contribution in [0.3, 0.4) is 0 Å². The van der Waals surface area contributed by atoms with Crippen LogP contribution >= 0.6 is 0 Å². The summed E-state index contributed by atoms with van der Waals surface area (Å²) in [6, 6.07) is 0. The Balaban J connectivity index is 3.32.